The molecule has 0 bridgehead atoms. The Bertz CT molecular complexity index is 518. The van der Waals surface area contributed by atoms with Gasteiger partial charge in [0.2, 0.25) is 5.91 Å². The van der Waals surface area contributed by atoms with E-state index in [1.54, 1.807) is 13.8 Å². The fourth-order valence-electron chi connectivity index (χ4n) is 2.53. The van der Waals surface area contributed by atoms with Gasteiger partial charge in [0.25, 0.3) is 0 Å². The van der Waals surface area contributed by atoms with Crippen LogP contribution in [-0.4, -0.2) is 42.4 Å². The molecular weight excluding hydrogens is 250 g/mol. The first kappa shape index (κ1) is 14.5. The molecule has 0 radical (unpaired) electrons. The van der Waals surface area contributed by atoms with E-state index < -0.39 is 5.41 Å². The number of hydrogen-bond donors (Lipinski definition) is 0. The van der Waals surface area contributed by atoms with Crippen LogP contribution >= 0.6 is 0 Å². The first-order valence-electron chi connectivity index (χ1n) is 6.91. The molecule has 106 valence electrons. The molecule has 1 saturated heterocycles. The predicted octanol–water partition coefficient (Wildman–Crippen LogP) is 2.05. The highest BCUT2D eigenvalue weighted by molar-refractivity contribution is 5.85. The van der Waals surface area contributed by atoms with E-state index >= 15 is 0 Å². The Morgan fingerprint density at radius 1 is 1.30 bits per heavy atom. The number of carbonyl (C=O) groups is 1. The van der Waals surface area contributed by atoms with E-state index in [1.165, 1.54) is 0 Å². The summed E-state index contributed by atoms with van der Waals surface area (Å²) in [6.45, 7) is 5.69. The van der Waals surface area contributed by atoms with Crippen LogP contribution in [0.3, 0.4) is 0 Å². The highest BCUT2D eigenvalue weighted by atomic mass is 16.2. The van der Waals surface area contributed by atoms with Crippen molar-refractivity contribution in [3.05, 3.63) is 35.9 Å². The van der Waals surface area contributed by atoms with Crippen molar-refractivity contribution < 1.29 is 4.79 Å². The summed E-state index contributed by atoms with van der Waals surface area (Å²) < 4.78 is 0. The Morgan fingerprint density at radius 2 is 1.95 bits per heavy atom. The molecule has 4 heteroatoms. The van der Waals surface area contributed by atoms with E-state index in [2.05, 4.69) is 18.0 Å². The number of nitriles is 1. The van der Waals surface area contributed by atoms with Crippen molar-refractivity contribution >= 4 is 5.91 Å². The summed E-state index contributed by atoms with van der Waals surface area (Å²) in [7, 11) is 2.06. The summed E-state index contributed by atoms with van der Waals surface area (Å²) >= 11 is 0. The fraction of sp³-hybridized carbons (Fsp3) is 0.500. The number of carbonyl (C=O) groups excluding carboxylic acids is 1. The quantitative estimate of drug-likeness (QED) is 0.827. The fourth-order valence-corrected chi connectivity index (χ4v) is 2.53. The van der Waals surface area contributed by atoms with Crippen molar-refractivity contribution in [1.29, 1.82) is 5.26 Å². The van der Waals surface area contributed by atoms with Gasteiger partial charge in [-0.1, -0.05) is 30.3 Å². The van der Waals surface area contributed by atoms with Crippen LogP contribution in [0.15, 0.2) is 30.3 Å². The van der Waals surface area contributed by atoms with E-state index in [0.29, 0.717) is 6.54 Å². The Labute approximate surface area is 120 Å². The van der Waals surface area contributed by atoms with E-state index in [0.717, 1.165) is 18.7 Å². The Hall–Kier alpha value is -1.86. The molecule has 2 rings (SSSR count). The minimum atomic E-state index is -0.969. The lowest BCUT2D eigenvalue weighted by molar-refractivity contribution is -0.142. The smallest absolute Gasteiger partial charge is 0.243 e. The third-order valence-electron chi connectivity index (χ3n) is 3.84. The number of piperazine rings is 1. The van der Waals surface area contributed by atoms with Crippen LogP contribution in [0.4, 0.5) is 0 Å². The van der Waals surface area contributed by atoms with Crippen LogP contribution in [0.1, 0.15) is 25.5 Å². The normalized spacial score (nSPS) is 20.5. The molecule has 0 N–H and O–H groups in total. The topological polar surface area (TPSA) is 47.3 Å². The first-order chi connectivity index (χ1) is 9.45. The zero-order chi connectivity index (χ0) is 14.8. The summed E-state index contributed by atoms with van der Waals surface area (Å²) in [5, 5.41) is 9.20. The maximum atomic E-state index is 12.6. The van der Waals surface area contributed by atoms with Crippen LogP contribution in [-0.2, 0) is 4.79 Å². The second kappa shape index (κ2) is 5.64. The molecule has 4 nitrogen and oxygen atoms in total. The molecule has 1 unspecified atom stereocenters. The molecule has 1 fully saturated rings. The Balaban J connectivity index is 2.31. The summed E-state index contributed by atoms with van der Waals surface area (Å²) in [4.78, 5) is 16.7. The van der Waals surface area contributed by atoms with Crippen molar-refractivity contribution in [2.45, 2.75) is 19.9 Å². The summed E-state index contributed by atoms with van der Waals surface area (Å²) in [5.74, 6) is -0.0815. The highest BCUT2D eigenvalue weighted by Gasteiger charge is 2.38. The molecule has 1 aromatic rings. The number of nitrogens with zero attached hydrogens (tertiary/aromatic N) is 3. The minimum Gasteiger partial charge on any atom is -0.332 e. The van der Waals surface area contributed by atoms with Crippen molar-refractivity contribution in [2.24, 2.45) is 5.41 Å². The van der Waals surface area contributed by atoms with E-state index in [9.17, 15) is 10.1 Å². The van der Waals surface area contributed by atoms with Gasteiger partial charge in [0, 0.05) is 19.6 Å². The lowest BCUT2D eigenvalue weighted by atomic mass is 9.91. The number of amides is 1. The van der Waals surface area contributed by atoms with Crippen LogP contribution in [0, 0.1) is 16.7 Å². The van der Waals surface area contributed by atoms with Crippen molar-refractivity contribution in [2.75, 3.05) is 26.7 Å². The summed E-state index contributed by atoms with van der Waals surface area (Å²) in [6, 6.07) is 12.2. The molecule has 1 heterocycles. The number of benzene rings is 1. The zero-order valence-corrected chi connectivity index (χ0v) is 12.3. The molecule has 1 aliphatic heterocycles. The lowest BCUT2D eigenvalue weighted by Crippen LogP contribution is -2.52. The predicted molar refractivity (Wildman–Crippen MR) is 77.8 cm³/mol. The van der Waals surface area contributed by atoms with Gasteiger partial charge in [-0.15, -0.1) is 0 Å². The Morgan fingerprint density at radius 3 is 2.55 bits per heavy atom. The number of rotatable bonds is 2. The average Bonchev–Trinajstić information content (AvgIpc) is 2.47. The van der Waals surface area contributed by atoms with Gasteiger partial charge in [0.15, 0.2) is 0 Å². The third-order valence-corrected chi connectivity index (χ3v) is 3.84. The summed E-state index contributed by atoms with van der Waals surface area (Å²) in [6.07, 6.45) is 0. The first-order valence-corrected chi connectivity index (χ1v) is 6.91. The van der Waals surface area contributed by atoms with Gasteiger partial charge < -0.3 is 9.80 Å². The Kier molecular flexibility index (Phi) is 4.10. The second-order valence-electron chi connectivity index (χ2n) is 5.92. The monoisotopic (exact) mass is 271 g/mol. The van der Waals surface area contributed by atoms with E-state index in [4.69, 9.17) is 0 Å². The molecular formula is C16H21N3O. The molecule has 1 amide bonds. The molecule has 0 spiro atoms. The van der Waals surface area contributed by atoms with Crippen molar-refractivity contribution in [1.82, 2.24) is 9.80 Å². The minimum absolute atomic E-state index is 0.0232. The molecule has 0 aromatic heterocycles. The average molecular weight is 271 g/mol. The van der Waals surface area contributed by atoms with Gasteiger partial charge in [-0.25, -0.2) is 0 Å². The molecule has 0 aliphatic carbocycles. The van der Waals surface area contributed by atoms with Crippen molar-refractivity contribution in [3.8, 4) is 6.07 Å². The number of hydrogen-bond acceptors (Lipinski definition) is 3. The lowest BCUT2D eigenvalue weighted by Gasteiger charge is -2.42. The van der Waals surface area contributed by atoms with Crippen LogP contribution in [0.5, 0.6) is 0 Å². The van der Waals surface area contributed by atoms with Gasteiger partial charge >= 0.3 is 0 Å². The van der Waals surface area contributed by atoms with E-state index in [1.807, 2.05) is 35.2 Å². The zero-order valence-electron chi connectivity index (χ0n) is 12.3. The molecule has 1 aromatic carbocycles. The van der Waals surface area contributed by atoms with Gasteiger partial charge in [0.1, 0.15) is 5.41 Å². The third kappa shape index (κ3) is 2.83. The molecule has 1 atom stereocenters. The molecule has 0 saturated carbocycles. The maximum Gasteiger partial charge on any atom is 0.243 e. The number of likely N-dealkylation sites (N-methyl/N-ethyl adjacent to an activating group) is 1. The van der Waals surface area contributed by atoms with Gasteiger partial charge in [0.05, 0.1) is 12.1 Å². The second-order valence-corrected chi connectivity index (χ2v) is 5.92. The molecule has 20 heavy (non-hydrogen) atoms. The standard InChI is InChI=1S/C16H21N3O/c1-16(2,12-17)15(20)19-10-9-18(3)11-14(19)13-7-5-4-6-8-13/h4-8,14H,9-11H2,1-3H3. The largest absolute Gasteiger partial charge is 0.332 e. The van der Waals surface area contributed by atoms with Crippen LogP contribution < -0.4 is 0 Å². The van der Waals surface area contributed by atoms with Crippen LogP contribution in [0.25, 0.3) is 0 Å². The van der Waals surface area contributed by atoms with Gasteiger partial charge in [-0.05, 0) is 26.5 Å². The maximum absolute atomic E-state index is 12.6. The van der Waals surface area contributed by atoms with E-state index in [-0.39, 0.29) is 11.9 Å². The highest BCUT2D eigenvalue weighted by Crippen LogP contribution is 2.29. The van der Waals surface area contributed by atoms with Gasteiger partial charge in [-0.3, -0.25) is 4.79 Å². The van der Waals surface area contributed by atoms with Gasteiger partial charge in [-0.2, -0.15) is 5.26 Å². The molecule has 1 aliphatic rings. The van der Waals surface area contributed by atoms with Crippen molar-refractivity contribution in [3.63, 3.8) is 0 Å². The van der Waals surface area contributed by atoms with Crippen LogP contribution in [0.2, 0.25) is 0 Å². The SMILES string of the molecule is CN1CCN(C(=O)C(C)(C)C#N)C(c2ccccc2)C1. The summed E-state index contributed by atoms with van der Waals surface area (Å²) in [5.41, 5.74) is 0.157.